The van der Waals surface area contributed by atoms with Crippen LogP contribution >= 0.6 is 0 Å². The summed E-state index contributed by atoms with van der Waals surface area (Å²) in [7, 11) is 0. The summed E-state index contributed by atoms with van der Waals surface area (Å²) in [4.78, 5) is 40.4. The van der Waals surface area contributed by atoms with Gasteiger partial charge in [0.05, 0.1) is 5.56 Å². The van der Waals surface area contributed by atoms with Crippen LogP contribution in [0.25, 0.3) is 0 Å². The molecule has 0 spiro atoms. The number of ether oxygens (including phenoxy) is 1. The van der Waals surface area contributed by atoms with E-state index in [0.717, 1.165) is 12.0 Å². The van der Waals surface area contributed by atoms with E-state index in [-0.39, 0.29) is 23.5 Å². The fraction of sp³-hybridized carbons (Fsp3) is 0.423. The minimum atomic E-state index is -0.157. The molecule has 0 radical (unpaired) electrons. The number of carbonyl (C=O) groups excluding carboxylic acids is 3. The summed E-state index contributed by atoms with van der Waals surface area (Å²) in [6.45, 7) is 6.85. The number of benzene rings is 2. The third kappa shape index (κ3) is 6.04. The second-order valence-electron chi connectivity index (χ2n) is 8.15. The molecule has 2 aromatic rings. The number of amides is 2. The van der Waals surface area contributed by atoms with Crippen LogP contribution in [0.15, 0.2) is 48.5 Å². The molecule has 0 aromatic heterocycles. The van der Waals surface area contributed by atoms with Crippen LogP contribution in [0, 0.1) is 12.8 Å². The lowest BCUT2D eigenvalue weighted by Crippen LogP contribution is -2.43. The molecule has 0 atom stereocenters. The van der Waals surface area contributed by atoms with Gasteiger partial charge in [-0.2, -0.15) is 0 Å². The Balaban J connectivity index is 1.59. The number of piperidine rings is 1. The normalized spacial score (nSPS) is 14.2. The number of ketones is 1. The van der Waals surface area contributed by atoms with Crippen LogP contribution in [0.3, 0.4) is 0 Å². The average molecular weight is 437 g/mol. The van der Waals surface area contributed by atoms with Gasteiger partial charge in [-0.25, -0.2) is 0 Å². The van der Waals surface area contributed by atoms with Gasteiger partial charge in [-0.3, -0.25) is 14.4 Å². The summed E-state index contributed by atoms with van der Waals surface area (Å²) in [5.41, 5.74) is 2.47. The highest BCUT2D eigenvalue weighted by Gasteiger charge is 2.29. The zero-order valence-corrected chi connectivity index (χ0v) is 18.9. The smallest absolute Gasteiger partial charge is 0.254 e. The van der Waals surface area contributed by atoms with E-state index in [1.54, 1.807) is 41.3 Å². The molecule has 1 saturated heterocycles. The van der Waals surface area contributed by atoms with Gasteiger partial charge in [0.2, 0.25) is 5.91 Å². The van der Waals surface area contributed by atoms with Crippen LogP contribution in [-0.2, 0) is 9.53 Å². The molecule has 2 aromatic carbocycles. The molecule has 2 amide bonds. The van der Waals surface area contributed by atoms with Crippen LogP contribution in [0.4, 0.5) is 0 Å². The Morgan fingerprint density at radius 2 is 1.66 bits per heavy atom. The van der Waals surface area contributed by atoms with Crippen LogP contribution in [-0.4, -0.2) is 55.3 Å². The predicted molar refractivity (Wildman–Crippen MR) is 124 cm³/mol. The molecule has 1 aliphatic heterocycles. The molecule has 0 aliphatic carbocycles. The molecule has 0 saturated carbocycles. The maximum atomic E-state index is 13.2. The van der Waals surface area contributed by atoms with E-state index in [1.165, 1.54) is 0 Å². The number of likely N-dealkylation sites (tertiary alicyclic amines) is 1. The molecule has 6 heteroatoms. The maximum Gasteiger partial charge on any atom is 0.254 e. The third-order valence-corrected chi connectivity index (χ3v) is 5.84. The molecule has 1 heterocycles. The van der Waals surface area contributed by atoms with Gasteiger partial charge in [0.1, 0.15) is 0 Å². The van der Waals surface area contributed by atoms with Crippen molar-refractivity contribution in [3.8, 4) is 0 Å². The summed E-state index contributed by atoms with van der Waals surface area (Å²) in [6, 6.07) is 14.3. The number of carbonyl (C=O) groups is 3. The van der Waals surface area contributed by atoms with Gasteiger partial charge in [-0.15, -0.1) is 0 Å². The Morgan fingerprint density at radius 3 is 2.31 bits per heavy atom. The minimum absolute atomic E-state index is 0.0450. The minimum Gasteiger partial charge on any atom is -0.382 e. The first-order chi connectivity index (χ1) is 15.5. The van der Waals surface area contributed by atoms with Crippen molar-refractivity contribution in [1.29, 1.82) is 0 Å². The Labute approximate surface area is 189 Å². The molecule has 1 aliphatic rings. The highest BCUT2D eigenvalue weighted by atomic mass is 16.5. The Morgan fingerprint density at radius 1 is 1.00 bits per heavy atom. The van der Waals surface area contributed by atoms with Gasteiger partial charge < -0.3 is 15.0 Å². The van der Waals surface area contributed by atoms with Crippen LogP contribution in [0.5, 0.6) is 0 Å². The Bertz CT molecular complexity index is 931. The van der Waals surface area contributed by atoms with E-state index < -0.39 is 0 Å². The van der Waals surface area contributed by atoms with Gasteiger partial charge in [0, 0.05) is 49.9 Å². The van der Waals surface area contributed by atoms with E-state index in [0.29, 0.717) is 62.4 Å². The second-order valence-corrected chi connectivity index (χ2v) is 8.15. The zero-order chi connectivity index (χ0) is 22.9. The summed E-state index contributed by atoms with van der Waals surface area (Å²) >= 11 is 0. The first-order valence-corrected chi connectivity index (χ1v) is 11.4. The summed E-state index contributed by atoms with van der Waals surface area (Å²) in [6.07, 6.45) is 2.04. The SMILES string of the molecule is CCOCCCNC(=O)C1CCN(C(=O)c2ccccc2C(=O)c2ccc(C)cc2)CC1. The largest absolute Gasteiger partial charge is 0.382 e. The Kier molecular flexibility index (Phi) is 8.56. The number of nitrogens with one attached hydrogen (secondary N) is 1. The van der Waals surface area contributed by atoms with Gasteiger partial charge >= 0.3 is 0 Å². The van der Waals surface area contributed by atoms with E-state index >= 15 is 0 Å². The molecule has 6 nitrogen and oxygen atoms in total. The van der Waals surface area contributed by atoms with Crippen molar-refractivity contribution in [3.05, 3.63) is 70.8 Å². The Hall–Kier alpha value is -2.99. The van der Waals surface area contributed by atoms with Gasteiger partial charge in [-0.1, -0.05) is 48.0 Å². The lowest BCUT2D eigenvalue weighted by molar-refractivity contribution is -0.126. The summed E-state index contributed by atoms with van der Waals surface area (Å²) < 4.78 is 5.28. The summed E-state index contributed by atoms with van der Waals surface area (Å²) in [5, 5.41) is 2.97. The molecule has 1 N–H and O–H groups in total. The topological polar surface area (TPSA) is 75.7 Å². The highest BCUT2D eigenvalue weighted by Crippen LogP contribution is 2.22. The van der Waals surface area contributed by atoms with Gasteiger partial charge in [-0.05, 0) is 39.2 Å². The molecular formula is C26H32N2O4. The second kappa shape index (κ2) is 11.6. The zero-order valence-electron chi connectivity index (χ0n) is 18.9. The third-order valence-electron chi connectivity index (χ3n) is 5.84. The summed E-state index contributed by atoms with van der Waals surface area (Å²) in [5.74, 6) is -0.356. The van der Waals surface area contributed by atoms with Gasteiger partial charge in [0.25, 0.3) is 5.91 Å². The number of aryl methyl sites for hydroxylation is 1. The van der Waals surface area contributed by atoms with Crippen molar-refractivity contribution in [2.24, 2.45) is 5.92 Å². The lowest BCUT2D eigenvalue weighted by atomic mass is 9.93. The molecule has 170 valence electrons. The van der Waals surface area contributed by atoms with E-state index in [2.05, 4.69) is 5.32 Å². The van der Waals surface area contributed by atoms with Crippen LogP contribution < -0.4 is 5.32 Å². The molecule has 0 bridgehead atoms. The molecule has 3 rings (SSSR count). The van der Waals surface area contributed by atoms with Crippen molar-refractivity contribution in [3.63, 3.8) is 0 Å². The van der Waals surface area contributed by atoms with Crippen LogP contribution in [0.2, 0.25) is 0 Å². The fourth-order valence-corrected chi connectivity index (χ4v) is 3.92. The molecule has 0 unspecified atom stereocenters. The van der Waals surface area contributed by atoms with E-state index in [1.807, 2.05) is 26.0 Å². The fourth-order valence-electron chi connectivity index (χ4n) is 3.92. The standard InChI is InChI=1S/C26H32N2O4/c1-3-32-18-6-15-27-25(30)21-13-16-28(17-14-21)26(31)23-8-5-4-7-22(23)24(29)20-11-9-19(2)10-12-20/h4-5,7-12,21H,3,6,13-18H2,1-2H3,(H,27,30). The van der Waals surface area contributed by atoms with Gasteiger partial charge in [0.15, 0.2) is 5.78 Å². The van der Waals surface area contributed by atoms with Crippen molar-refractivity contribution in [1.82, 2.24) is 10.2 Å². The number of nitrogens with zero attached hydrogens (tertiary/aromatic N) is 1. The maximum absolute atomic E-state index is 13.2. The van der Waals surface area contributed by atoms with Crippen molar-refractivity contribution >= 4 is 17.6 Å². The monoisotopic (exact) mass is 436 g/mol. The first kappa shape index (κ1) is 23.7. The first-order valence-electron chi connectivity index (χ1n) is 11.4. The van der Waals surface area contributed by atoms with Crippen LogP contribution in [0.1, 0.15) is 58.0 Å². The lowest BCUT2D eigenvalue weighted by Gasteiger charge is -2.31. The number of rotatable bonds is 9. The van der Waals surface area contributed by atoms with Crippen molar-refractivity contribution in [2.45, 2.75) is 33.1 Å². The van der Waals surface area contributed by atoms with Crippen molar-refractivity contribution in [2.75, 3.05) is 32.8 Å². The van der Waals surface area contributed by atoms with Crippen molar-refractivity contribution < 1.29 is 19.1 Å². The predicted octanol–water partition coefficient (Wildman–Crippen LogP) is 3.62. The van der Waals surface area contributed by atoms with E-state index in [9.17, 15) is 14.4 Å². The number of hydrogen-bond donors (Lipinski definition) is 1. The number of hydrogen-bond acceptors (Lipinski definition) is 4. The molecule has 1 fully saturated rings. The quantitative estimate of drug-likeness (QED) is 0.481. The molecule has 32 heavy (non-hydrogen) atoms. The highest BCUT2D eigenvalue weighted by molar-refractivity contribution is 6.15. The van der Waals surface area contributed by atoms with E-state index in [4.69, 9.17) is 4.74 Å². The molecular weight excluding hydrogens is 404 g/mol. The average Bonchev–Trinajstić information content (AvgIpc) is 2.83.